The number of nitrogens with zero attached hydrogens (tertiary/aromatic N) is 2. The minimum absolute atomic E-state index is 0.0588. The summed E-state index contributed by atoms with van der Waals surface area (Å²) in [5.74, 6) is 1.69. The zero-order chi connectivity index (χ0) is 13.8. The second-order valence-electron chi connectivity index (χ2n) is 6.03. The lowest BCUT2D eigenvalue weighted by Crippen LogP contribution is -2.39. The Labute approximate surface area is 115 Å². The van der Waals surface area contributed by atoms with Crippen LogP contribution in [0.2, 0.25) is 0 Å². The Morgan fingerprint density at radius 3 is 2.84 bits per heavy atom. The Hall–Kier alpha value is -1.32. The summed E-state index contributed by atoms with van der Waals surface area (Å²) >= 11 is 0. The molecular weight excluding hydrogens is 240 g/mol. The molecule has 106 valence electrons. The van der Waals surface area contributed by atoms with Gasteiger partial charge in [0.25, 0.3) is 0 Å². The van der Waals surface area contributed by atoms with Crippen LogP contribution in [0, 0.1) is 17.8 Å². The van der Waals surface area contributed by atoms with E-state index < -0.39 is 0 Å². The van der Waals surface area contributed by atoms with Gasteiger partial charge in [-0.2, -0.15) is 0 Å². The lowest BCUT2D eigenvalue weighted by molar-refractivity contribution is -0.00399. The molecule has 1 aliphatic heterocycles. The first-order valence-electron chi connectivity index (χ1n) is 7.23. The highest BCUT2D eigenvalue weighted by atomic mass is 16.6. The highest BCUT2D eigenvalue weighted by molar-refractivity contribution is 5.75. The number of aliphatic imine (C=N–C) groups is 1. The Bertz CT molecular complexity index is 376. The third-order valence-corrected chi connectivity index (χ3v) is 4.16. The quantitative estimate of drug-likeness (QED) is 0.766. The lowest BCUT2D eigenvalue weighted by atomic mass is 9.75. The van der Waals surface area contributed by atoms with Crippen molar-refractivity contribution in [1.82, 2.24) is 4.90 Å². The van der Waals surface area contributed by atoms with Crippen molar-refractivity contribution in [2.75, 3.05) is 6.54 Å². The monoisotopic (exact) mass is 264 g/mol. The molecule has 1 saturated carbocycles. The van der Waals surface area contributed by atoms with Gasteiger partial charge in [-0.05, 0) is 30.6 Å². The van der Waals surface area contributed by atoms with Crippen LogP contribution in [-0.2, 0) is 4.74 Å². The van der Waals surface area contributed by atoms with Crippen molar-refractivity contribution in [3.8, 4) is 0 Å². The first-order chi connectivity index (χ1) is 9.08. The van der Waals surface area contributed by atoms with Gasteiger partial charge in [-0.1, -0.05) is 27.2 Å². The number of carbonyl (C=O) groups is 1. The molecule has 0 aromatic heterocycles. The van der Waals surface area contributed by atoms with E-state index >= 15 is 0 Å². The lowest BCUT2D eigenvalue weighted by Gasteiger charge is -2.37. The number of hydrogen-bond acceptors (Lipinski definition) is 3. The zero-order valence-electron chi connectivity index (χ0n) is 12.1. The standard InChI is InChI=1S/C15H24N2O2/c1-11(2)13-5-4-12(3)10-14(13)19-15(18)17-8-6-16-7-9-17/h6-8,11-14H,4-5,9-10H2,1-3H3. The Balaban J connectivity index is 1.96. The number of hydrogen-bond donors (Lipinski definition) is 0. The molecular formula is C15H24N2O2. The molecule has 0 aromatic rings. The summed E-state index contributed by atoms with van der Waals surface area (Å²) in [6, 6.07) is 0. The molecule has 1 heterocycles. The molecule has 1 amide bonds. The van der Waals surface area contributed by atoms with Crippen LogP contribution < -0.4 is 0 Å². The van der Waals surface area contributed by atoms with Gasteiger partial charge in [0.15, 0.2) is 0 Å². The number of amides is 1. The molecule has 0 bridgehead atoms. The van der Waals surface area contributed by atoms with E-state index in [1.54, 1.807) is 23.5 Å². The number of rotatable bonds is 2. The van der Waals surface area contributed by atoms with Crippen molar-refractivity contribution in [2.24, 2.45) is 22.7 Å². The normalized spacial score (nSPS) is 30.7. The summed E-state index contributed by atoms with van der Waals surface area (Å²) in [6.45, 7) is 7.18. The first-order valence-corrected chi connectivity index (χ1v) is 7.23. The third kappa shape index (κ3) is 3.58. The van der Waals surface area contributed by atoms with Gasteiger partial charge in [-0.3, -0.25) is 9.89 Å². The average molecular weight is 264 g/mol. The largest absolute Gasteiger partial charge is 0.446 e. The van der Waals surface area contributed by atoms with E-state index in [0.29, 0.717) is 24.3 Å². The fourth-order valence-corrected chi connectivity index (χ4v) is 2.96. The van der Waals surface area contributed by atoms with Crippen LogP contribution in [0.1, 0.15) is 40.0 Å². The fourth-order valence-electron chi connectivity index (χ4n) is 2.96. The smallest absolute Gasteiger partial charge is 0.414 e. The molecule has 0 aromatic carbocycles. The first kappa shape index (κ1) is 14.1. The highest BCUT2D eigenvalue weighted by Crippen LogP contribution is 2.35. The maximum Gasteiger partial charge on any atom is 0.414 e. The van der Waals surface area contributed by atoms with E-state index in [-0.39, 0.29) is 12.2 Å². The molecule has 4 heteroatoms. The predicted molar refractivity (Wildman–Crippen MR) is 76.0 cm³/mol. The summed E-state index contributed by atoms with van der Waals surface area (Å²) in [5.41, 5.74) is 0. The molecule has 3 atom stereocenters. The zero-order valence-corrected chi connectivity index (χ0v) is 12.1. The Morgan fingerprint density at radius 2 is 2.21 bits per heavy atom. The molecule has 1 fully saturated rings. The number of ether oxygens (including phenoxy) is 1. The summed E-state index contributed by atoms with van der Waals surface area (Å²) in [7, 11) is 0. The van der Waals surface area contributed by atoms with Crippen molar-refractivity contribution in [3.63, 3.8) is 0 Å². The van der Waals surface area contributed by atoms with Crippen LogP contribution in [0.5, 0.6) is 0 Å². The van der Waals surface area contributed by atoms with E-state index in [1.807, 2.05) is 0 Å². The molecule has 0 saturated heterocycles. The maximum atomic E-state index is 12.1. The van der Waals surface area contributed by atoms with Gasteiger partial charge in [0.2, 0.25) is 0 Å². The molecule has 0 spiro atoms. The molecule has 0 radical (unpaired) electrons. The van der Waals surface area contributed by atoms with E-state index in [2.05, 4.69) is 25.8 Å². The Morgan fingerprint density at radius 1 is 1.42 bits per heavy atom. The molecule has 1 aliphatic carbocycles. The molecule has 2 rings (SSSR count). The van der Waals surface area contributed by atoms with Crippen molar-refractivity contribution >= 4 is 12.3 Å². The van der Waals surface area contributed by atoms with Crippen molar-refractivity contribution < 1.29 is 9.53 Å². The van der Waals surface area contributed by atoms with Gasteiger partial charge < -0.3 is 4.74 Å². The molecule has 3 unspecified atom stereocenters. The molecule has 19 heavy (non-hydrogen) atoms. The van der Waals surface area contributed by atoms with Gasteiger partial charge in [0, 0.05) is 18.6 Å². The van der Waals surface area contributed by atoms with Crippen molar-refractivity contribution in [1.29, 1.82) is 0 Å². The SMILES string of the molecule is CC1CCC(C(C)C)C(OC(=O)N2C=CN=CC2)C1. The fraction of sp³-hybridized carbons (Fsp3) is 0.733. The second-order valence-corrected chi connectivity index (χ2v) is 6.03. The van der Waals surface area contributed by atoms with E-state index in [0.717, 1.165) is 12.8 Å². The predicted octanol–water partition coefficient (Wildman–Crippen LogP) is 3.44. The Kier molecular flexibility index (Phi) is 4.61. The molecule has 0 N–H and O–H groups in total. The topological polar surface area (TPSA) is 41.9 Å². The van der Waals surface area contributed by atoms with Crippen LogP contribution in [0.15, 0.2) is 17.4 Å². The number of carbonyl (C=O) groups excluding carboxylic acids is 1. The van der Waals surface area contributed by atoms with Gasteiger partial charge in [-0.25, -0.2) is 4.79 Å². The minimum atomic E-state index is -0.243. The van der Waals surface area contributed by atoms with Crippen LogP contribution >= 0.6 is 0 Å². The van der Waals surface area contributed by atoms with Gasteiger partial charge in [0.05, 0.1) is 6.54 Å². The average Bonchev–Trinajstić information content (AvgIpc) is 2.39. The second kappa shape index (κ2) is 6.22. The van der Waals surface area contributed by atoms with Gasteiger partial charge in [0.1, 0.15) is 6.10 Å². The van der Waals surface area contributed by atoms with Gasteiger partial charge in [-0.15, -0.1) is 0 Å². The maximum absolute atomic E-state index is 12.1. The molecule has 2 aliphatic rings. The third-order valence-electron chi connectivity index (χ3n) is 4.16. The van der Waals surface area contributed by atoms with Crippen molar-refractivity contribution in [2.45, 2.75) is 46.1 Å². The van der Waals surface area contributed by atoms with E-state index in [9.17, 15) is 4.79 Å². The van der Waals surface area contributed by atoms with Gasteiger partial charge >= 0.3 is 6.09 Å². The van der Waals surface area contributed by atoms with E-state index in [4.69, 9.17) is 4.74 Å². The van der Waals surface area contributed by atoms with Crippen LogP contribution in [0.4, 0.5) is 4.79 Å². The summed E-state index contributed by atoms with van der Waals surface area (Å²) in [4.78, 5) is 17.7. The summed E-state index contributed by atoms with van der Waals surface area (Å²) in [5, 5.41) is 0. The van der Waals surface area contributed by atoms with E-state index in [1.165, 1.54) is 6.42 Å². The minimum Gasteiger partial charge on any atom is -0.446 e. The van der Waals surface area contributed by atoms with Crippen molar-refractivity contribution in [3.05, 3.63) is 12.4 Å². The highest BCUT2D eigenvalue weighted by Gasteiger charge is 2.34. The summed E-state index contributed by atoms with van der Waals surface area (Å²) < 4.78 is 5.75. The van der Waals surface area contributed by atoms with Crippen LogP contribution in [0.3, 0.4) is 0 Å². The molecule has 4 nitrogen and oxygen atoms in total. The summed E-state index contributed by atoms with van der Waals surface area (Å²) in [6.07, 6.45) is 8.22. The van der Waals surface area contributed by atoms with Crippen LogP contribution in [-0.4, -0.2) is 29.9 Å². The van der Waals surface area contributed by atoms with Crippen LogP contribution in [0.25, 0.3) is 0 Å².